The first kappa shape index (κ1) is 16.8. The van der Waals surface area contributed by atoms with E-state index in [1.54, 1.807) is 0 Å². The molecule has 0 bridgehead atoms. The molecule has 4 rings (SSSR count). The van der Waals surface area contributed by atoms with Gasteiger partial charge in [0.15, 0.2) is 0 Å². The fourth-order valence-electron chi connectivity index (χ4n) is 3.92. The van der Waals surface area contributed by atoms with Crippen LogP contribution in [0.5, 0.6) is 0 Å². The van der Waals surface area contributed by atoms with Gasteiger partial charge >= 0.3 is 6.03 Å². The molecule has 1 aromatic carbocycles. The molecule has 2 fully saturated rings. The normalized spacial score (nSPS) is 20.1. The Hall–Kier alpha value is -2.63. The molecule has 0 unspecified atom stereocenters. The summed E-state index contributed by atoms with van der Waals surface area (Å²) in [5.41, 5.74) is 0.728. The molecule has 0 atom stereocenters. The maximum Gasteiger partial charge on any atom is 0.325 e. The third-order valence-corrected chi connectivity index (χ3v) is 5.35. The average Bonchev–Trinajstić information content (AvgIpc) is 3.19. The van der Waals surface area contributed by atoms with Crippen molar-refractivity contribution in [2.45, 2.75) is 57.0 Å². The Labute approximate surface area is 152 Å². The second-order valence-corrected chi connectivity index (χ2v) is 7.18. The van der Waals surface area contributed by atoms with E-state index < -0.39 is 5.54 Å². The van der Waals surface area contributed by atoms with E-state index in [-0.39, 0.29) is 18.5 Å². The summed E-state index contributed by atoms with van der Waals surface area (Å²) in [5, 5.41) is 2.97. The van der Waals surface area contributed by atoms with E-state index in [1.165, 1.54) is 17.6 Å². The maximum absolute atomic E-state index is 13.0. The van der Waals surface area contributed by atoms with Gasteiger partial charge in [0.1, 0.15) is 11.8 Å². The molecule has 3 amide bonds. The van der Waals surface area contributed by atoms with Crippen molar-refractivity contribution in [3.63, 3.8) is 0 Å². The van der Waals surface area contributed by atoms with Crippen LogP contribution in [0.3, 0.4) is 0 Å². The van der Waals surface area contributed by atoms with Gasteiger partial charge in [-0.3, -0.25) is 9.69 Å². The van der Waals surface area contributed by atoms with Gasteiger partial charge in [0.05, 0.1) is 12.2 Å². The summed E-state index contributed by atoms with van der Waals surface area (Å²) in [6.07, 6.45) is 8.37. The molecule has 0 radical (unpaired) electrons. The van der Waals surface area contributed by atoms with Crippen LogP contribution in [0, 0.1) is 0 Å². The van der Waals surface area contributed by atoms with E-state index in [4.69, 9.17) is 4.42 Å². The first-order valence-corrected chi connectivity index (χ1v) is 9.32. The van der Waals surface area contributed by atoms with Crippen LogP contribution in [0.4, 0.5) is 4.79 Å². The topological polar surface area (TPSA) is 75.4 Å². The Kier molecular flexibility index (Phi) is 4.49. The largest absolute Gasteiger partial charge is 0.444 e. The Morgan fingerprint density at radius 3 is 2.46 bits per heavy atom. The highest BCUT2D eigenvalue weighted by atomic mass is 16.3. The predicted octanol–water partition coefficient (Wildman–Crippen LogP) is 3.88. The van der Waals surface area contributed by atoms with Crippen LogP contribution >= 0.6 is 0 Å². The molecular formula is C20H23N3O3. The third-order valence-electron chi connectivity index (χ3n) is 5.35. The van der Waals surface area contributed by atoms with Gasteiger partial charge in [-0.25, -0.2) is 9.78 Å². The molecule has 136 valence electrons. The molecule has 1 aliphatic carbocycles. The number of hydrogen-bond acceptors (Lipinski definition) is 4. The number of carbonyl (C=O) groups is 2. The Morgan fingerprint density at radius 2 is 1.73 bits per heavy atom. The molecule has 6 heteroatoms. The van der Waals surface area contributed by atoms with E-state index in [0.29, 0.717) is 11.6 Å². The van der Waals surface area contributed by atoms with Crippen molar-refractivity contribution in [3.8, 4) is 11.5 Å². The van der Waals surface area contributed by atoms with Gasteiger partial charge in [0.2, 0.25) is 5.89 Å². The Balaban J connectivity index is 1.51. The van der Waals surface area contributed by atoms with Crippen molar-refractivity contribution < 1.29 is 14.0 Å². The zero-order valence-corrected chi connectivity index (χ0v) is 14.7. The lowest BCUT2D eigenvalue weighted by molar-refractivity contribution is -0.132. The smallest absolute Gasteiger partial charge is 0.325 e. The summed E-state index contributed by atoms with van der Waals surface area (Å²) >= 11 is 0. The number of carbonyl (C=O) groups excluding carboxylic acids is 2. The number of amides is 3. The van der Waals surface area contributed by atoms with Gasteiger partial charge in [0, 0.05) is 5.56 Å². The third kappa shape index (κ3) is 3.11. The number of nitrogens with one attached hydrogen (secondary N) is 1. The molecule has 2 heterocycles. The first-order chi connectivity index (χ1) is 12.7. The minimum atomic E-state index is -0.719. The van der Waals surface area contributed by atoms with Gasteiger partial charge in [0.25, 0.3) is 5.91 Å². The molecule has 1 spiro atoms. The van der Waals surface area contributed by atoms with E-state index in [0.717, 1.165) is 44.1 Å². The predicted molar refractivity (Wildman–Crippen MR) is 96.1 cm³/mol. The summed E-state index contributed by atoms with van der Waals surface area (Å²) < 4.78 is 5.52. The van der Waals surface area contributed by atoms with Crippen LogP contribution in [0.15, 0.2) is 41.0 Å². The van der Waals surface area contributed by atoms with Crippen LogP contribution in [-0.4, -0.2) is 27.4 Å². The first-order valence-electron chi connectivity index (χ1n) is 9.32. The quantitative estimate of drug-likeness (QED) is 0.850. The second-order valence-electron chi connectivity index (χ2n) is 7.18. The number of aromatic nitrogens is 1. The molecular weight excluding hydrogens is 330 g/mol. The Bertz CT molecular complexity index is 792. The fourth-order valence-corrected chi connectivity index (χ4v) is 3.92. The van der Waals surface area contributed by atoms with Crippen LogP contribution in [0.25, 0.3) is 11.5 Å². The molecule has 6 nitrogen and oxygen atoms in total. The van der Waals surface area contributed by atoms with Crippen LogP contribution < -0.4 is 5.32 Å². The van der Waals surface area contributed by atoms with Gasteiger partial charge in [-0.2, -0.15) is 0 Å². The van der Waals surface area contributed by atoms with Gasteiger partial charge in [-0.15, -0.1) is 0 Å². The fraction of sp³-hybridized carbons (Fsp3) is 0.450. The van der Waals surface area contributed by atoms with Gasteiger partial charge in [-0.05, 0) is 25.0 Å². The molecule has 1 N–H and O–H groups in total. The van der Waals surface area contributed by atoms with E-state index in [9.17, 15) is 9.59 Å². The van der Waals surface area contributed by atoms with Crippen molar-refractivity contribution in [3.05, 3.63) is 42.3 Å². The zero-order valence-electron chi connectivity index (χ0n) is 14.7. The summed E-state index contributed by atoms with van der Waals surface area (Å²) in [6.45, 7) is 0.142. The maximum atomic E-state index is 13.0. The highest BCUT2D eigenvalue weighted by Crippen LogP contribution is 2.32. The minimum Gasteiger partial charge on any atom is -0.444 e. The van der Waals surface area contributed by atoms with Crippen molar-refractivity contribution >= 4 is 11.9 Å². The van der Waals surface area contributed by atoms with Gasteiger partial charge < -0.3 is 9.73 Å². The van der Waals surface area contributed by atoms with Gasteiger partial charge in [-0.1, -0.05) is 50.3 Å². The molecule has 2 aliphatic rings. The molecule has 26 heavy (non-hydrogen) atoms. The van der Waals surface area contributed by atoms with Crippen molar-refractivity contribution in [2.24, 2.45) is 0 Å². The SMILES string of the molecule is O=C1NC2(CCCCCCC2)C(=O)N1Cc1coc(-c2ccccc2)n1. The average molecular weight is 353 g/mol. The van der Waals surface area contributed by atoms with E-state index in [1.807, 2.05) is 30.3 Å². The number of benzene rings is 1. The standard InChI is InChI=1S/C20H23N3O3/c24-18-20(11-7-2-1-3-8-12-20)22-19(25)23(18)13-16-14-26-17(21-16)15-9-5-4-6-10-15/h4-6,9-10,14H,1-3,7-8,11-13H2,(H,22,25). The van der Waals surface area contributed by atoms with Crippen LogP contribution in [-0.2, 0) is 11.3 Å². The van der Waals surface area contributed by atoms with Crippen LogP contribution in [0.1, 0.15) is 50.6 Å². The lowest BCUT2D eigenvalue weighted by atomic mass is 9.84. The van der Waals surface area contributed by atoms with E-state index >= 15 is 0 Å². The zero-order chi connectivity index (χ0) is 18.0. The summed E-state index contributed by atoms with van der Waals surface area (Å²) in [7, 11) is 0. The highest BCUT2D eigenvalue weighted by molar-refractivity contribution is 6.06. The molecule has 2 aromatic rings. The van der Waals surface area contributed by atoms with Crippen LogP contribution in [0.2, 0.25) is 0 Å². The summed E-state index contributed by atoms with van der Waals surface area (Å²) in [4.78, 5) is 31.2. The summed E-state index contributed by atoms with van der Waals surface area (Å²) in [5.74, 6) is 0.377. The molecule has 1 aliphatic heterocycles. The van der Waals surface area contributed by atoms with Crippen molar-refractivity contribution in [1.29, 1.82) is 0 Å². The molecule has 1 saturated carbocycles. The molecule has 1 aromatic heterocycles. The summed E-state index contributed by atoms with van der Waals surface area (Å²) in [6, 6.07) is 9.25. The molecule has 1 saturated heterocycles. The number of urea groups is 1. The van der Waals surface area contributed by atoms with Crippen molar-refractivity contribution in [2.75, 3.05) is 0 Å². The highest BCUT2D eigenvalue weighted by Gasteiger charge is 2.50. The number of oxazole rings is 1. The lowest BCUT2D eigenvalue weighted by Gasteiger charge is -2.28. The number of imide groups is 1. The van der Waals surface area contributed by atoms with E-state index in [2.05, 4.69) is 10.3 Å². The minimum absolute atomic E-state index is 0.117. The lowest BCUT2D eigenvalue weighted by Crippen LogP contribution is -2.47. The number of hydrogen-bond donors (Lipinski definition) is 1. The Morgan fingerprint density at radius 1 is 1.04 bits per heavy atom. The van der Waals surface area contributed by atoms with Crippen molar-refractivity contribution in [1.82, 2.24) is 15.2 Å². The number of nitrogens with zero attached hydrogens (tertiary/aromatic N) is 2. The second kappa shape index (κ2) is 6.94. The number of rotatable bonds is 3. The monoisotopic (exact) mass is 353 g/mol.